The number of likely N-dealkylation sites (tertiary alicyclic amines) is 1. The predicted molar refractivity (Wildman–Crippen MR) is 309 cm³/mol. The molecule has 4 aliphatic rings. The molecule has 0 unspecified atom stereocenters. The lowest BCUT2D eigenvalue weighted by molar-refractivity contribution is -0.142. The molecular formula is C59H61Cl3N12O7. The number of anilines is 1. The van der Waals surface area contributed by atoms with Crippen molar-refractivity contribution >= 4 is 74.2 Å². The highest BCUT2D eigenvalue weighted by Gasteiger charge is 2.44. The number of fused-ring (bicyclic) bond motifs is 4. The van der Waals surface area contributed by atoms with Crippen LogP contribution in [0.15, 0.2) is 91.4 Å². The van der Waals surface area contributed by atoms with E-state index in [0.29, 0.717) is 49.3 Å². The Labute approximate surface area is 482 Å². The number of rotatable bonds is 19. The van der Waals surface area contributed by atoms with E-state index >= 15 is 0 Å². The molecule has 8 aromatic rings. The summed E-state index contributed by atoms with van der Waals surface area (Å²) in [4.78, 5) is 46.8. The quantitative estimate of drug-likeness (QED) is 0.0476. The molecule has 4 aromatic heterocycles. The van der Waals surface area contributed by atoms with Gasteiger partial charge in [-0.2, -0.15) is 15.1 Å². The van der Waals surface area contributed by atoms with Crippen LogP contribution in [0.4, 0.5) is 5.82 Å². The average molecular weight is 1160 g/mol. The maximum Gasteiger partial charge on any atom is 0.319 e. The number of aromatic amines is 1. The first-order valence-corrected chi connectivity index (χ1v) is 28.5. The van der Waals surface area contributed by atoms with Gasteiger partial charge < -0.3 is 44.9 Å². The highest BCUT2D eigenvalue weighted by Crippen LogP contribution is 2.55. The summed E-state index contributed by atoms with van der Waals surface area (Å²) in [5.41, 5.74) is 8.19. The van der Waals surface area contributed by atoms with Crippen molar-refractivity contribution in [1.82, 2.24) is 55.7 Å². The Morgan fingerprint density at radius 3 is 2.42 bits per heavy atom. The van der Waals surface area contributed by atoms with Gasteiger partial charge >= 0.3 is 6.01 Å². The van der Waals surface area contributed by atoms with Crippen molar-refractivity contribution in [2.45, 2.75) is 101 Å². The molecular weight excluding hydrogens is 1100 g/mol. The topological polar surface area (TPSA) is 231 Å². The van der Waals surface area contributed by atoms with Gasteiger partial charge in [-0.15, -0.1) is 5.10 Å². The van der Waals surface area contributed by atoms with Crippen LogP contribution in [0.1, 0.15) is 81.1 Å². The van der Waals surface area contributed by atoms with E-state index in [1.165, 1.54) is 9.58 Å². The summed E-state index contributed by atoms with van der Waals surface area (Å²) in [6.45, 7) is 7.29. The summed E-state index contributed by atoms with van der Waals surface area (Å²) in [5.74, 6) is 0.371. The van der Waals surface area contributed by atoms with E-state index in [0.717, 1.165) is 87.8 Å². The van der Waals surface area contributed by atoms with Crippen LogP contribution in [-0.4, -0.2) is 137 Å². The lowest BCUT2D eigenvalue weighted by Gasteiger charge is -2.30. The van der Waals surface area contributed by atoms with Crippen LogP contribution in [0.5, 0.6) is 11.8 Å². The zero-order valence-electron chi connectivity index (χ0n) is 45.0. The van der Waals surface area contributed by atoms with Crippen molar-refractivity contribution in [2.75, 3.05) is 44.9 Å². The molecule has 0 radical (unpaired) electrons. The van der Waals surface area contributed by atoms with Crippen LogP contribution in [0.25, 0.3) is 55.3 Å². The number of H-pyrrole nitrogens is 1. The molecule has 7 heterocycles. The number of benzene rings is 4. The van der Waals surface area contributed by atoms with E-state index in [2.05, 4.69) is 47.1 Å². The second kappa shape index (κ2) is 22.8. The van der Waals surface area contributed by atoms with Gasteiger partial charge in [0.05, 0.1) is 52.8 Å². The molecule has 22 heteroatoms. The first kappa shape index (κ1) is 54.6. The molecule has 19 nitrogen and oxygen atoms in total. The van der Waals surface area contributed by atoms with E-state index < -0.39 is 36.7 Å². The lowest BCUT2D eigenvalue weighted by Crippen LogP contribution is -2.50. The summed E-state index contributed by atoms with van der Waals surface area (Å²) < 4.78 is 20.5. The van der Waals surface area contributed by atoms with Crippen molar-refractivity contribution in [3.05, 3.63) is 123 Å². The molecule has 420 valence electrons. The minimum absolute atomic E-state index is 0.0273. The fourth-order valence-corrected chi connectivity index (χ4v) is 12.3. The van der Waals surface area contributed by atoms with Crippen molar-refractivity contribution in [1.29, 1.82) is 0 Å². The van der Waals surface area contributed by atoms with Crippen LogP contribution in [0.2, 0.25) is 15.2 Å². The summed E-state index contributed by atoms with van der Waals surface area (Å²) >= 11 is 20.5. The number of aromatic nitrogens is 8. The number of carbonyl (C=O) groups excluding carboxylic acids is 2. The molecule has 4 fully saturated rings. The van der Waals surface area contributed by atoms with Gasteiger partial charge in [0.2, 0.25) is 11.8 Å². The number of methoxy groups -OCH3 is 1. The van der Waals surface area contributed by atoms with Gasteiger partial charge in [0.25, 0.3) is 0 Å². The largest absolute Gasteiger partial charge is 0.486 e. The first-order valence-electron chi connectivity index (χ1n) is 27.3. The number of amides is 2. The van der Waals surface area contributed by atoms with Crippen molar-refractivity contribution < 1.29 is 34.0 Å². The monoisotopic (exact) mass is 1150 g/mol. The molecule has 5 N–H and O–H groups in total. The molecule has 1 aliphatic carbocycles. The Hall–Kier alpha value is -6.97. The van der Waals surface area contributed by atoms with E-state index in [1.54, 1.807) is 50.0 Å². The molecule has 0 spiro atoms. The number of aliphatic hydroxyl groups excluding tert-OH is 2. The zero-order chi connectivity index (χ0) is 56.2. The van der Waals surface area contributed by atoms with Crippen molar-refractivity contribution in [3.8, 4) is 45.3 Å². The second-order valence-corrected chi connectivity index (χ2v) is 23.1. The maximum atomic E-state index is 14.6. The lowest BCUT2D eigenvalue weighted by atomic mass is 9.91. The second-order valence-electron chi connectivity index (χ2n) is 21.9. The normalized spacial score (nSPS) is 19.9. The first-order chi connectivity index (χ1) is 39.2. The van der Waals surface area contributed by atoms with Crippen LogP contribution in [0, 0.1) is 5.92 Å². The fourth-order valence-electron chi connectivity index (χ4n) is 11.6. The Morgan fingerprint density at radius 1 is 0.926 bits per heavy atom. The SMILES string of the molecule is CO[C@@H](C)COc1nc(N2C[C@@H]3C[C@H]2CN3)c2cc(C3CC3)c(-c3c(Cl)c(Cl)cc4[nH]ncc34)c(OCc3ccc(-c4cn([C@H](C(=O)N5C[C@H](O)C[C@H]5C(=O)N[C@@H](CO)c5ccc(-c6cccnc6Cl)cc5)C(C)C)nn4)cc3)c2n1. The molecule has 12 rings (SSSR count). The smallest absolute Gasteiger partial charge is 0.319 e. The summed E-state index contributed by atoms with van der Waals surface area (Å²) in [5, 5.41) is 47.1. The van der Waals surface area contributed by atoms with Gasteiger partial charge in [0, 0.05) is 84.5 Å². The number of ether oxygens (including phenoxy) is 3. The molecule has 81 heavy (non-hydrogen) atoms. The molecule has 3 saturated heterocycles. The average Bonchev–Trinajstić information content (AvgIpc) is 4.07. The van der Waals surface area contributed by atoms with Gasteiger partial charge in [-0.25, -0.2) is 9.67 Å². The Bertz CT molecular complexity index is 3650. The molecule has 1 saturated carbocycles. The highest BCUT2D eigenvalue weighted by molar-refractivity contribution is 6.45. The zero-order valence-corrected chi connectivity index (χ0v) is 47.3. The van der Waals surface area contributed by atoms with Gasteiger partial charge in [0.1, 0.15) is 47.5 Å². The minimum Gasteiger partial charge on any atom is -0.486 e. The van der Waals surface area contributed by atoms with Crippen LogP contribution < -0.4 is 25.0 Å². The number of pyridine rings is 1. The number of aliphatic hydroxyl groups is 2. The van der Waals surface area contributed by atoms with Gasteiger partial charge in [-0.1, -0.05) is 102 Å². The maximum absolute atomic E-state index is 14.6. The van der Waals surface area contributed by atoms with Crippen LogP contribution >= 0.6 is 34.8 Å². The van der Waals surface area contributed by atoms with Crippen LogP contribution in [0.3, 0.4) is 0 Å². The third kappa shape index (κ3) is 10.8. The molecule has 7 atom stereocenters. The number of piperazine rings is 1. The third-order valence-corrected chi connectivity index (χ3v) is 17.2. The molecule has 3 aliphatic heterocycles. The Balaban J connectivity index is 0.820. The van der Waals surface area contributed by atoms with E-state index in [-0.39, 0.29) is 62.1 Å². The van der Waals surface area contributed by atoms with Crippen molar-refractivity contribution in [2.24, 2.45) is 5.92 Å². The minimum atomic E-state index is -0.999. The number of nitrogens with one attached hydrogen (secondary N) is 3. The number of halogens is 3. The summed E-state index contributed by atoms with van der Waals surface area (Å²) in [6.07, 6.45) is 6.96. The van der Waals surface area contributed by atoms with E-state index in [1.807, 2.05) is 63.2 Å². The summed E-state index contributed by atoms with van der Waals surface area (Å²) in [7, 11) is 1.64. The molecule has 4 aromatic carbocycles. The number of nitrogens with zero attached hydrogens (tertiary/aromatic N) is 9. The van der Waals surface area contributed by atoms with E-state index in [9.17, 15) is 19.8 Å². The number of hydrogen-bond donors (Lipinski definition) is 5. The molecule has 2 bridgehead atoms. The standard InChI is InChI=1S/C59H61Cl3N12O7/c1-30(2)53(58(78)73-25-39(76)19-48(73)57(77)66-47(27-75)36-15-13-33(14-16-36)40-6-5-17-63-55(40)62)74-26-46(70-71-74)35-9-7-32(8-10-35)29-80-54-50(49-43-23-65-69-45(43)21-44(60)51(49)61)41(34-11-12-34)20-42-52(54)67-59(81-28-31(3)79-4)68-56(42)72-24-37-18-38(72)22-64-37/h5-10,13-17,20-21,23,26,30-31,34,37-39,47-48,53,64,75-76H,11-12,18-19,22,24-25,27-29H2,1-4H3,(H,65,69)(H,66,77)/t31-,37-,38-,39+,47-,48-,53-/m0/s1. The summed E-state index contributed by atoms with van der Waals surface area (Å²) in [6, 6.07) is 20.9. The van der Waals surface area contributed by atoms with Gasteiger partial charge in [0.15, 0.2) is 5.75 Å². The van der Waals surface area contributed by atoms with Crippen LogP contribution in [-0.2, 0) is 20.9 Å². The number of carbonyl (C=O) groups is 2. The highest BCUT2D eigenvalue weighted by atomic mass is 35.5. The number of β-amino-alcohol motifs (C(OH)–C–C–N with tert-alkyl or cyclic N) is 1. The van der Waals surface area contributed by atoms with Crippen molar-refractivity contribution in [3.63, 3.8) is 0 Å². The Kier molecular flexibility index (Phi) is 15.3. The fraction of sp³-hybridized carbons (Fsp3) is 0.390. The van der Waals surface area contributed by atoms with Gasteiger partial charge in [-0.3, -0.25) is 14.7 Å². The van der Waals surface area contributed by atoms with E-state index in [4.69, 9.17) is 59.0 Å². The third-order valence-electron chi connectivity index (χ3n) is 16.1. The van der Waals surface area contributed by atoms with Gasteiger partial charge in [-0.05, 0) is 84.5 Å². The molecule has 2 amide bonds. The Morgan fingerprint density at radius 2 is 1.72 bits per heavy atom. The predicted octanol–water partition coefficient (Wildman–Crippen LogP) is 8.88. The number of hydrogen-bond acceptors (Lipinski definition) is 15.